The highest BCUT2D eigenvalue weighted by molar-refractivity contribution is 5.99. The van der Waals surface area contributed by atoms with Crippen LogP contribution in [0.5, 0.6) is 0 Å². The number of para-hydroxylation sites is 1. The second-order valence-corrected chi connectivity index (χ2v) is 6.21. The summed E-state index contributed by atoms with van der Waals surface area (Å²) in [4.78, 5) is 24.0. The molecule has 0 aliphatic heterocycles. The van der Waals surface area contributed by atoms with Crippen molar-refractivity contribution in [1.29, 1.82) is 0 Å². The van der Waals surface area contributed by atoms with Crippen LogP contribution in [-0.4, -0.2) is 22.9 Å². The van der Waals surface area contributed by atoms with Crippen LogP contribution >= 0.6 is 0 Å². The van der Waals surface area contributed by atoms with Gasteiger partial charge >= 0.3 is 5.97 Å². The maximum atomic E-state index is 12.4. The maximum absolute atomic E-state index is 12.4. The van der Waals surface area contributed by atoms with E-state index in [1.165, 1.54) is 0 Å². The molecule has 0 amide bonds. The first-order valence-electron chi connectivity index (χ1n) is 7.94. The molecule has 1 aromatic carbocycles. The fourth-order valence-corrected chi connectivity index (χ4v) is 2.88. The van der Waals surface area contributed by atoms with Gasteiger partial charge in [0.2, 0.25) is 5.78 Å². The number of rotatable bonds is 5. The average Bonchev–Trinajstić information content (AvgIpc) is 3.32. The summed E-state index contributed by atoms with van der Waals surface area (Å²) in [5.41, 5.74) is 4.71. The Bertz CT molecular complexity index is 769. The summed E-state index contributed by atoms with van der Waals surface area (Å²) in [7, 11) is 0. The zero-order chi connectivity index (χ0) is 16.6. The Hall–Kier alpha value is -2.36. The smallest absolute Gasteiger partial charge is 0.309 e. The van der Waals surface area contributed by atoms with Crippen LogP contribution in [0.1, 0.15) is 40.2 Å². The fourth-order valence-electron chi connectivity index (χ4n) is 2.88. The van der Waals surface area contributed by atoms with Gasteiger partial charge in [-0.2, -0.15) is 0 Å². The molecule has 1 aliphatic carbocycles. The molecule has 0 saturated heterocycles. The average molecular weight is 311 g/mol. The highest BCUT2D eigenvalue weighted by atomic mass is 16.5. The van der Waals surface area contributed by atoms with E-state index in [0.717, 1.165) is 35.5 Å². The standard InChI is InChI=1S/C19H21NO3/c1-12-6-4-5-7-17(12)20-13(2)10-16(14(20)3)18(21)11-23-19(22)15-8-9-15/h4-7,10,15H,8-9,11H2,1-3H3. The molecule has 0 radical (unpaired) electrons. The second kappa shape index (κ2) is 6.03. The number of ether oxygens (including phenoxy) is 1. The van der Waals surface area contributed by atoms with Gasteiger partial charge in [-0.15, -0.1) is 0 Å². The lowest BCUT2D eigenvalue weighted by Crippen LogP contribution is -2.15. The lowest BCUT2D eigenvalue weighted by molar-refractivity contribution is -0.144. The van der Waals surface area contributed by atoms with Crippen molar-refractivity contribution in [3.05, 3.63) is 52.8 Å². The minimum absolute atomic E-state index is 0.0159. The fraction of sp³-hybridized carbons (Fsp3) is 0.368. The molecule has 1 saturated carbocycles. The first kappa shape index (κ1) is 15.5. The normalized spacial score (nSPS) is 13.9. The van der Waals surface area contributed by atoms with Gasteiger partial charge in [-0.1, -0.05) is 18.2 Å². The molecule has 0 N–H and O–H groups in total. The van der Waals surface area contributed by atoms with Crippen molar-refractivity contribution in [1.82, 2.24) is 4.57 Å². The van der Waals surface area contributed by atoms with E-state index < -0.39 is 0 Å². The molecular formula is C19H21NO3. The molecule has 4 heteroatoms. The third-order valence-electron chi connectivity index (χ3n) is 4.34. The van der Waals surface area contributed by atoms with Crippen molar-refractivity contribution in [3.8, 4) is 5.69 Å². The van der Waals surface area contributed by atoms with Gasteiger partial charge in [-0.3, -0.25) is 9.59 Å². The number of nitrogens with zero attached hydrogens (tertiary/aromatic N) is 1. The lowest BCUT2D eigenvalue weighted by Gasteiger charge is -2.12. The number of aromatic nitrogens is 1. The second-order valence-electron chi connectivity index (χ2n) is 6.21. The van der Waals surface area contributed by atoms with Crippen molar-refractivity contribution in [2.45, 2.75) is 33.6 Å². The number of hydrogen-bond acceptors (Lipinski definition) is 3. The van der Waals surface area contributed by atoms with Crippen LogP contribution in [0.2, 0.25) is 0 Å². The Morgan fingerprint density at radius 2 is 1.87 bits per heavy atom. The van der Waals surface area contributed by atoms with Gasteiger partial charge < -0.3 is 9.30 Å². The summed E-state index contributed by atoms with van der Waals surface area (Å²) in [6.45, 7) is 5.78. The number of carbonyl (C=O) groups is 2. The summed E-state index contributed by atoms with van der Waals surface area (Å²) in [5.74, 6) is -0.375. The van der Waals surface area contributed by atoms with E-state index in [1.807, 2.05) is 51.1 Å². The Balaban J connectivity index is 1.84. The van der Waals surface area contributed by atoms with Crippen LogP contribution < -0.4 is 0 Å². The number of aryl methyl sites for hydroxylation is 2. The van der Waals surface area contributed by atoms with E-state index in [0.29, 0.717) is 5.56 Å². The van der Waals surface area contributed by atoms with E-state index in [2.05, 4.69) is 4.57 Å². The minimum atomic E-state index is -0.244. The molecule has 0 spiro atoms. The number of carbonyl (C=O) groups excluding carboxylic acids is 2. The maximum Gasteiger partial charge on any atom is 0.309 e. The van der Waals surface area contributed by atoms with Gasteiger partial charge in [-0.05, 0) is 51.3 Å². The predicted molar refractivity (Wildman–Crippen MR) is 88.0 cm³/mol. The van der Waals surface area contributed by atoms with Gasteiger partial charge in [0, 0.05) is 22.6 Å². The van der Waals surface area contributed by atoms with Crippen molar-refractivity contribution in [2.24, 2.45) is 5.92 Å². The topological polar surface area (TPSA) is 48.3 Å². The third-order valence-corrected chi connectivity index (χ3v) is 4.34. The van der Waals surface area contributed by atoms with Crippen LogP contribution in [0.4, 0.5) is 0 Å². The molecule has 2 aromatic rings. The molecule has 0 atom stereocenters. The largest absolute Gasteiger partial charge is 0.457 e. The van der Waals surface area contributed by atoms with Gasteiger partial charge in [0.15, 0.2) is 6.61 Å². The molecule has 1 aromatic heterocycles. The number of esters is 1. The Morgan fingerprint density at radius 3 is 2.52 bits per heavy atom. The zero-order valence-corrected chi connectivity index (χ0v) is 13.8. The summed E-state index contributed by atoms with van der Waals surface area (Å²) < 4.78 is 7.19. The molecule has 3 rings (SSSR count). The first-order valence-corrected chi connectivity index (χ1v) is 7.94. The monoisotopic (exact) mass is 311 g/mol. The minimum Gasteiger partial charge on any atom is -0.457 e. The van der Waals surface area contributed by atoms with Crippen LogP contribution in [-0.2, 0) is 9.53 Å². The van der Waals surface area contributed by atoms with Gasteiger partial charge in [0.05, 0.1) is 5.92 Å². The van der Waals surface area contributed by atoms with E-state index in [1.54, 1.807) is 0 Å². The lowest BCUT2D eigenvalue weighted by atomic mass is 10.1. The molecule has 23 heavy (non-hydrogen) atoms. The first-order chi connectivity index (χ1) is 11.0. The van der Waals surface area contributed by atoms with Crippen LogP contribution in [0, 0.1) is 26.7 Å². The SMILES string of the molecule is Cc1ccccc1-n1c(C)cc(C(=O)COC(=O)C2CC2)c1C. The summed E-state index contributed by atoms with van der Waals surface area (Å²) in [6, 6.07) is 9.94. The predicted octanol–water partition coefficient (Wildman–Crippen LogP) is 3.54. The van der Waals surface area contributed by atoms with Crippen molar-refractivity contribution in [2.75, 3.05) is 6.61 Å². The molecule has 4 nitrogen and oxygen atoms in total. The number of benzene rings is 1. The van der Waals surface area contributed by atoms with E-state index in [9.17, 15) is 9.59 Å². The molecule has 0 unspecified atom stereocenters. The quantitative estimate of drug-likeness (QED) is 0.627. The third kappa shape index (κ3) is 3.07. The van der Waals surface area contributed by atoms with Crippen molar-refractivity contribution >= 4 is 11.8 Å². The summed E-state index contributed by atoms with van der Waals surface area (Å²) >= 11 is 0. The van der Waals surface area contributed by atoms with Crippen LogP contribution in [0.25, 0.3) is 5.69 Å². The molecule has 120 valence electrons. The Labute approximate surface area is 136 Å². The highest BCUT2D eigenvalue weighted by Crippen LogP contribution is 2.30. The number of hydrogen-bond donors (Lipinski definition) is 0. The zero-order valence-electron chi connectivity index (χ0n) is 13.8. The molecule has 1 fully saturated rings. The van der Waals surface area contributed by atoms with E-state index >= 15 is 0 Å². The van der Waals surface area contributed by atoms with E-state index in [4.69, 9.17) is 4.74 Å². The summed E-state index contributed by atoms with van der Waals surface area (Å²) in [5, 5.41) is 0. The Kier molecular flexibility index (Phi) is 4.07. The summed E-state index contributed by atoms with van der Waals surface area (Å²) in [6.07, 6.45) is 1.77. The molecule has 1 aliphatic rings. The van der Waals surface area contributed by atoms with Gasteiger partial charge in [0.1, 0.15) is 0 Å². The van der Waals surface area contributed by atoms with E-state index in [-0.39, 0.29) is 24.3 Å². The van der Waals surface area contributed by atoms with Crippen LogP contribution in [0.3, 0.4) is 0 Å². The van der Waals surface area contributed by atoms with Gasteiger partial charge in [-0.25, -0.2) is 0 Å². The highest BCUT2D eigenvalue weighted by Gasteiger charge is 2.31. The number of ketones is 1. The Morgan fingerprint density at radius 1 is 1.17 bits per heavy atom. The molecule has 1 heterocycles. The molecule has 0 bridgehead atoms. The number of Topliss-reactive ketones (excluding diaryl/α,β-unsaturated/α-hetero) is 1. The van der Waals surface area contributed by atoms with Crippen molar-refractivity contribution < 1.29 is 14.3 Å². The molecular weight excluding hydrogens is 290 g/mol. The van der Waals surface area contributed by atoms with Crippen molar-refractivity contribution in [3.63, 3.8) is 0 Å². The van der Waals surface area contributed by atoms with Gasteiger partial charge in [0.25, 0.3) is 0 Å². The van der Waals surface area contributed by atoms with Crippen LogP contribution in [0.15, 0.2) is 30.3 Å².